The van der Waals surface area contributed by atoms with Gasteiger partial charge in [-0.05, 0) is 30.7 Å². The topological polar surface area (TPSA) is 65.6 Å². The summed E-state index contributed by atoms with van der Waals surface area (Å²) in [5.41, 5.74) is 4.91. The quantitative estimate of drug-likeness (QED) is 0.567. The van der Waals surface area contributed by atoms with Gasteiger partial charge >= 0.3 is 0 Å². The van der Waals surface area contributed by atoms with Gasteiger partial charge in [0.2, 0.25) is 0 Å². The van der Waals surface area contributed by atoms with Crippen molar-refractivity contribution in [2.75, 3.05) is 0 Å². The maximum absolute atomic E-state index is 13.0. The van der Waals surface area contributed by atoms with E-state index in [9.17, 15) is 4.79 Å². The maximum Gasteiger partial charge on any atom is 0.276 e. The average molecular weight is 329 g/mol. The Kier molecular flexibility index (Phi) is 3.03. The molecule has 0 saturated heterocycles. The normalized spacial score (nSPS) is 13.3. The Labute approximate surface area is 143 Å². The molecule has 4 aromatic rings. The van der Waals surface area contributed by atoms with Gasteiger partial charge in [-0.3, -0.25) is 24.4 Å². The van der Waals surface area contributed by atoms with Crippen molar-refractivity contribution in [3.8, 4) is 22.5 Å². The highest BCUT2D eigenvalue weighted by atomic mass is 16.1. The van der Waals surface area contributed by atoms with Crippen molar-refractivity contribution in [2.45, 2.75) is 19.5 Å². The summed E-state index contributed by atoms with van der Waals surface area (Å²) >= 11 is 0. The van der Waals surface area contributed by atoms with Gasteiger partial charge in [0.15, 0.2) is 0 Å². The molecule has 0 aliphatic carbocycles. The second-order valence-corrected chi connectivity index (χ2v) is 6.10. The first-order chi connectivity index (χ1) is 12.3. The minimum Gasteiger partial charge on any atom is -0.281 e. The highest BCUT2D eigenvalue weighted by Gasteiger charge is 2.26. The molecule has 5 rings (SSSR count). The fourth-order valence-corrected chi connectivity index (χ4v) is 3.56. The molecule has 0 radical (unpaired) electrons. The SMILES string of the molecule is O=c1c(-c2ccccn2)c(-c2ccc3nccnc3c2)n2n1CCC2. The molecule has 122 valence electrons. The van der Waals surface area contributed by atoms with E-state index in [1.165, 1.54) is 0 Å². The van der Waals surface area contributed by atoms with Crippen LogP contribution in [0.1, 0.15) is 6.42 Å². The van der Waals surface area contributed by atoms with Gasteiger partial charge in [-0.15, -0.1) is 0 Å². The van der Waals surface area contributed by atoms with E-state index in [2.05, 4.69) is 19.6 Å². The van der Waals surface area contributed by atoms with Crippen LogP contribution in [-0.2, 0) is 13.1 Å². The standard InChI is InChI=1S/C19H15N5O/c25-19-17(15-4-1-2-7-20-15)18(23-10-3-11-24(19)23)13-5-6-14-16(12-13)22-9-8-21-14/h1-2,4-9,12H,3,10-11H2. The van der Waals surface area contributed by atoms with Gasteiger partial charge in [-0.2, -0.15) is 0 Å². The van der Waals surface area contributed by atoms with Crippen LogP contribution in [0.4, 0.5) is 0 Å². The Morgan fingerprint density at radius 2 is 1.68 bits per heavy atom. The average Bonchev–Trinajstić information content (AvgIpc) is 3.24. The minimum atomic E-state index is 0.0189. The second-order valence-electron chi connectivity index (χ2n) is 6.10. The summed E-state index contributed by atoms with van der Waals surface area (Å²) in [6.07, 6.45) is 6.06. The number of pyridine rings is 1. The van der Waals surface area contributed by atoms with E-state index < -0.39 is 0 Å². The van der Waals surface area contributed by atoms with Crippen LogP contribution in [0.5, 0.6) is 0 Å². The summed E-state index contributed by atoms with van der Waals surface area (Å²) in [7, 11) is 0. The Hall–Kier alpha value is -3.28. The summed E-state index contributed by atoms with van der Waals surface area (Å²) < 4.78 is 3.89. The third-order valence-corrected chi connectivity index (χ3v) is 4.64. The maximum atomic E-state index is 13.0. The highest BCUT2D eigenvalue weighted by Crippen LogP contribution is 2.32. The van der Waals surface area contributed by atoms with Crippen molar-refractivity contribution in [2.24, 2.45) is 0 Å². The molecule has 1 aliphatic heterocycles. The van der Waals surface area contributed by atoms with Crippen LogP contribution in [0.3, 0.4) is 0 Å². The summed E-state index contributed by atoms with van der Waals surface area (Å²) in [5.74, 6) is 0. The first-order valence-electron chi connectivity index (χ1n) is 8.29. The van der Waals surface area contributed by atoms with Gasteiger partial charge in [-0.1, -0.05) is 12.1 Å². The smallest absolute Gasteiger partial charge is 0.276 e. The van der Waals surface area contributed by atoms with Gasteiger partial charge in [0.1, 0.15) is 0 Å². The first kappa shape index (κ1) is 14.1. The summed E-state index contributed by atoms with van der Waals surface area (Å²) in [6.45, 7) is 1.57. The largest absolute Gasteiger partial charge is 0.281 e. The molecule has 6 heteroatoms. The first-order valence-corrected chi connectivity index (χ1v) is 8.29. The molecule has 0 N–H and O–H groups in total. The molecule has 0 amide bonds. The molecule has 4 heterocycles. The fraction of sp³-hybridized carbons (Fsp3) is 0.158. The van der Waals surface area contributed by atoms with E-state index in [4.69, 9.17) is 0 Å². The third kappa shape index (κ3) is 2.11. The zero-order chi connectivity index (χ0) is 16.8. The van der Waals surface area contributed by atoms with E-state index >= 15 is 0 Å². The lowest BCUT2D eigenvalue weighted by Crippen LogP contribution is -2.17. The fourth-order valence-electron chi connectivity index (χ4n) is 3.56. The number of hydrogen-bond acceptors (Lipinski definition) is 4. The second kappa shape index (κ2) is 5.37. The zero-order valence-corrected chi connectivity index (χ0v) is 13.5. The molecule has 0 bridgehead atoms. The van der Waals surface area contributed by atoms with E-state index in [0.717, 1.165) is 41.8 Å². The number of benzene rings is 1. The van der Waals surface area contributed by atoms with Crippen molar-refractivity contribution < 1.29 is 0 Å². The number of rotatable bonds is 2. The Morgan fingerprint density at radius 1 is 0.840 bits per heavy atom. The molecule has 0 spiro atoms. The minimum absolute atomic E-state index is 0.0189. The molecule has 3 aromatic heterocycles. The van der Waals surface area contributed by atoms with Gasteiger partial charge in [0, 0.05) is 37.2 Å². The number of hydrogen-bond donors (Lipinski definition) is 0. The number of nitrogens with zero attached hydrogens (tertiary/aromatic N) is 5. The van der Waals surface area contributed by atoms with Crippen LogP contribution in [-0.4, -0.2) is 24.3 Å². The Morgan fingerprint density at radius 3 is 2.52 bits per heavy atom. The van der Waals surface area contributed by atoms with Crippen molar-refractivity contribution in [1.82, 2.24) is 24.3 Å². The monoisotopic (exact) mass is 329 g/mol. The summed E-state index contributed by atoms with van der Waals surface area (Å²) in [5, 5.41) is 0. The molecule has 25 heavy (non-hydrogen) atoms. The van der Waals surface area contributed by atoms with Crippen LogP contribution in [0.25, 0.3) is 33.5 Å². The third-order valence-electron chi connectivity index (χ3n) is 4.64. The van der Waals surface area contributed by atoms with Crippen LogP contribution in [0, 0.1) is 0 Å². The van der Waals surface area contributed by atoms with Crippen LogP contribution in [0.2, 0.25) is 0 Å². The van der Waals surface area contributed by atoms with Crippen molar-refractivity contribution >= 4 is 11.0 Å². The van der Waals surface area contributed by atoms with E-state index in [0.29, 0.717) is 11.3 Å². The molecule has 1 aromatic carbocycles. The zero-order valence-electron chi connectivity index (χ0n) is 13.5. The lowest BCUT2D eigenvalue weighted by atomic mass is 10.0. The Balaban J connectivity index is 1.83. The van der Waals surface area contributed by atoms with E-state index in [-0.39, 0.29) is 5.56 Å². The van der Waals surface area contributed by atoms with Crippen molar-refractivity contribution in [3.05, 3.63) is 65.3 Å². The van der Waals surface area contributed by atoms with Crippen LogP contribution >= 0.6 is 0 Å². The molecule has 0 fully saturated rings. The van der Waals surface area contributed by atoms with Gasteiger partial charge < -0.3 is 0 Å². The lowest BCUT2D eigenvalue weighted by molar-refractivity contribution is 0.599. The van der Waals surface area contributed by atoms with Crippen LogP contribution < -0.4 is 5.56 Å². The molecule has 0 unspecified atom stereocenters. The van der Waals surface area contributed by atoms with Crippen molar-refractivity contribution in [3.63, 3.8) is 0 Å². The molecular weight excluding hydrogens is 314 g/mol. The highest BCUT2D eigenvalue weighted by molar-refractivity contribution is 5.85. The molecule has 6 nitrogen and oxygen atoms in total. The van der Waals surface area contributed by atoms with Gasteiger partial charge in [0.25, 0.3) is 5.56 Å². The predicted octanol–water partition coefficient (Wildman–Crippen LogP) is 2.73. The van der Waals surface area contributed by atoms with E-state index in [1.807, 2.05) is 41.1 Å². The van der Waals surface area contributed by atoms with Gasteiger partial charge in [-0.25, -0.2) is 4.68 Å². The molecule has 0 atom stereocenters. The van der Waals surface area contributed by atoms with E-state index in [1.54, 1.807) is 18.6 Å². The molecule has 0 saturated carbocycles. The summed E-state index contributed by atoms with van der Waals surface area (Å²) in [4.78, 5) is 26.1. The van der Waals surface area contributed by atoms with Crippen LogP contribution in [0.15, 0.2) is 59.8 Å². The number of aromatic nitrogens is 5. The predicted molar refractivity (Wildman–Crippen MR) is 95.1 cm³/mol. The molecular formula is C19H15N5O. The Bertz CT molecular complexity index is 1140. The summed E-state index contributed by atoms with van der Waals surface area (Å²) in [6, 6.07) is 11.6. The van der Waals surface area contributed by atoms with Crippen molar-refractivity contribution in [1.29, 1.82) is 0 Å². The lowest BCUT2D eigenvalue weighted by Gasteiger charge is -2.09. The van der Waals surface area contributed by atoms with Gasteiger partial charge in [0.05, 0.1) is 28.0 Å². The molecule has 1 aliphatic rings. The number of fused-ring (bicyclic) bond motifs is 2.